The number of nitrogens with one attached hydrogen (secondary N) is 1. The van der Waals surface area contributed by atoms with E-state index in [-0.39, 0.29) is 18.2 Å². The molecule has 1 aliphatic carbocycles. The highest BCUT2D eigenvalue weighted by Gasteiger charge is 2.45. The largest absolute Gasteiger partial charge is 0.573 e. The summed E-state index contributed by atoms with van der Waals surface area (Å²) in [6.07, 6.45) is 1.24. The van der Waals surface area contributed by atoms with Gasteiger partial charge in [-0.25, -0.2) is 0 Å². The SMILES string of the molecule is O=C(NCC(=O)N1CCC2(CC1)CC2)c1ccc(-c2ccc(OC(F)(F)F)cc2)nc1. The summed E-state index contributed by atoms with van der Waals surface area (Å²) in [5, 5.41) is 2.63. The van der Waals surface area contributed by atoms with E-state index in [0.717, 1.165) is 25.9 Å². The van der Waals surface area contributed by atoms with E-state index in [1.165, 1.54) is 43.3 Å². The molecule has 1 saturated heterocycles. The van der Waals surface area contributed by atoms with Gasteiger partial charge in [0.25, 0.3) is 5.91 Å². The molecule has 2 aromatic rings. The first-order valence-electron chi connectivity index (χ1n) is 10.1. The fourth-order valence-electron chi connectivity index (χ4n) is 3.80. The van der Waals surface area contributed by atoms with Crippen LogP contribution in [0.25, 0.3) is 11.3 Å². The Hall–Kier alpha value is -3.10. The first-order chi connectivity index (χ1) is 14.7. The van der Waals surface area contributed by atoms with Crippen molar-refractivity contribution in [3.8, 4) is 17.0 Å². The van der Waals surface area contributed by atoms with Crippen LogP contribution >= 0.6 is 0 Å². The van der Waals surface area contributed by atoms with Gasteiger partial charge < -0.3 is 15.0 Å². The van der Waals surface area contributed by atoms with E-state index in [2.05, 4.69) is 15.0 Å². The molecule has 1 spiro atoms. The molecule has 9 heteroatoms. The number of benzene rings is 1. The minimum atomic E-state index is -4.75. The van der Waals surface area contributed by atoms with Gasteiger partial charge in [0.05, 0.1) is 17.8 Å². The average molecular weight is 433 g/mol. The molecule has 1 aromatic carbocycles. The van der Waals surface area contributed by atoms with Gasteiger partial charge in [-0.3, -0.25) is 14.6 Å². The molecule has 1 aromatic heterocycles. The van der Waals surface area contributed by atoms with Crippen LogP contribution in [0.4, 0.5) is 13.2 Å². The zero-order chi connectivity index (χ0) is 22.1. The lowest BCUT2D eigenvalue weighted by Gasteiger charge is -2.32. The molecule has 2 aliphatic rings. The second-order valence-electron chi connectivity index (χ2n) is 8.07. The Balaban J connectivity index is 1.29. The summed E-state index contributed by atoms with van der Waals surface area (Å²) in [5.41, 5.74) is 1.85. The number of aromatic nitrogens is 1. The van der Waals surface area contributed by atoms with E-state index in [1.807, 2.05) is 0 Å². The molecule has 4 rings (SSSR count). The highest BCUT2D eigenvalue weighted by atomic mass is 19.4. The molecule has 2 heterocycles. The van der Waals surface area contributed by atoms with Gasteiger partial charge in [0.2, 0.25) is 5.91 Å². The van der Waals surface area contributed by atoms with Crippen molar-refractivity contribution in [3.05, 3.63) is 48.2 Å². The molecule has 31 heavy (non-hydrogen) atoms. The van der Waals surface area contributed by atoms with Gasteiger partial charge in [-0.15, -0.1) is 13.2 Å². The number of alkyl halides is 3. The quantitative estimate of drug-likeness (QED) is 0.779. The third-order valence-electron chi connectivity index (χ3n) is 5.94. The minimum absolute atomic E-state index is 0.0613. The van der Waals surface area contributed by atoms with Crippen molar-refractivity contribution < 1.29 is 27.5 Å². The van der Waals surface area contributed by atoms with Crippen molar-refractivity contribution in [2.24, 2.45) is 5.41 Å². The van der Waals surface area contributed by atoms with Crippen molar-refractivity contribution in [1.82, 2.24) is 15.2 Å². The van der Waals surface area contributed by atoms with Gasteiger partial charge in [0.1, 0.15) is 5.75 Å². The van der Waals surface area contributed by atoms with Gasteiger partial charge in [0.15, 0.2) is 0 Å². The normalized spacial score (nSPS) is 17.3. The lowest BCUT2D eigenvalue weighted by atomic mass is 9.94. The minimum Gasteiger partial charge on any atom is -0.406 e. The van der Waals surface area contributed by atoms with Crippen molar-refractivity contribution in [1.29, 1.82) is 0 Å². The molecule has 1 N–H and O–H groups in total. The molecule has 2 amide bonds. The first kappa shape index (κ1) is 21.1. The number of amides is 2. The van der Waals surface area contributed by atoms with Crippen molar-refractivity contribution in [2.75, 3.05) is 19.6 Å². The predicted octanol–water partition coefficient (Wildman–Crippen LogP) is 3.78. The predicted molar refractivity (Wildman–Crippen MR) is 106 cm³/mol. The number of piperidine rings is 1. The van der Waals surface area contributed by atoms with Crippen LogP contribution in [0.1, 0.15) is 36.0 Å². The zero-order valence-corrected chi connectivity index (χ0v) is 16.7. The van der Waals surface area contributed by atoms with Crippen LogP contribution in [-0.2, 0) is 4.79 Å². The van der Waals surface area contributed by atoms with Crippen LogP contribution in [0, 0.1) is 5.41 Å². The first-order valence-corrected chi connectivity index (χ1v) is 10.1. The summed E-state index contributed by atoms with van der Waals surface area (Å²) in [6.45, 7) is 1.43. The highest BCUT2D eigenvalue weighted by Crippen LogP contribution is 2.53. The van der Waals surface area contributed by atoms with Crippen LogP contribution < -0.4 is 10.1 Å². The van der Waals surface area contributed by atoms with Crippen LogP contribution in [0.5, 0.6) is 5.75 Å². The van der Waals surface area contributed by atoms with Gasteiger partial charge in [-0.05, 0) is 67.5 Å². The van der Waals surface area contributed by atoms with E-state index >= 15 is 0 Å². The fourth-order valence-corrected chi connectivity index (χ4v) is 3.80. The monoisotopic (exact) mass is 433 g/mol. The van der Waals surface area contributed by atoms with Crippen molar-refractivity contribution in [3.63, 3.8) is 0 Å². The second-order valence-corrected chi connectivity index (χ2v) is 8.07. The summed E-state index contributed by atoms with van der Waals surface area (Å²) in [4.78, 5) is 30.7. The Labute approximate surface area is 177 Å². The molecule has 1 aliphatic heterocycles. The maximum Gasteiger partial charge on any atom is 0.573 e. The average Bonchev–Trinajstić information content (AvgIpc) is 3.50. The molecule has 6 nitrogen and oxygen atoms in total. The number of halogens is 3. The zero-order valence-electron chi connectivity index (χ0n) is 16.7. The number of carbonyl (C=O) groups is 2. The number of rotatable bonds is 5. The fraction of sp³-hybridized carbons (Fsp3) is 0.409. The molecule has 0 unspecified atom stereocenters. The number of hydrogen-bond acceptors (Lipinski definition) is 4. The Bertz CT molecular complexity index is 945. The van der Waals surface area contributed by atoms with Crippen LogP contribution in [0.15, 0.2) is 42.6 Å². The van der Waals surface area contributed by atoms with E-state index in [4.69, 9.17) is 0 Å². The van der Waals surface area contributed by atoms with Crippen molar-refractivity contribution in [2.45, 2.75) is 32.0 Å². The van der Waals surface area contributed by atoms with E-state index < -0.39 is 12.3 Å². The Kier molecular flexibility index (Phi) is 5.60. The molecule has 2 fully saturated rings. The van der Waals surface area contributed by atoms with Crippen molar-refractivity contribution >= 4 is 11.8 Å². The summed E-state index contributed by atoms with van der Waals surface area (Å²) in [7, 11) is 0. The molecule has 0 bridgehead atoms. The number of carbonyl (C=O) groups excluding carboxylic acids is 2. The van der Waals surface area contributed by atoms with Crippen LogP contribution in [0.2, 0.25) is 0 Å². The molecular formula is C22H22F3N3O3. The molecule has 0 radical (unpaired) electrons. The second kappa shape index (κ2) is 8.20. The lowest BCUT2D eigenvalue weighted by Crippen LogP contribution is -2.44. The molecule has 1 saturated carbocycles. The van der Waals surface area contributed by atoms with Gasteiger partial charge in [0, 0.05) is 24.8 Å². The third-order valence-corrected chi connectivity index (χ3v) is 5.94. The number of ether oxygens (including phenoxy) is 1. The van der Waals surface area contributed by atoms with Gasteiger partial charge >= 0.3 is 6.36 Å². The summed E-state index contributed by atoms with van der Waals surface area (Å²) in [5.74, 6) is -0.815. The van der Waals surface area contributed by atoms with Gasteiger partial charge in [-0.2, -0.15) is 0 Å². The van der Waals surface area contributed by atoms with Gasteiger partial charge in [-0.1, -0.05) is 0 Å². The lowest BCUT2D eigenvalue weighted by molar-refractivity contribution is -0.274. The topological polar surface area (TPSA) is 71.5 Å². The molecular weight excluding hydrogens is 411 g/mol. The maximum atomic E-state index is 12.3. The summed E-state index contributed by atoms with van der Waals surface area (Å²) >= 11 is 0. The Morgan fingerprint density at radius 3 is 2.26 bits per heavy atom. The van der Waals surface area contributed by atoms with E-state index in [1.54, 1.807) is 17.0 Å². The number of pyridine rings is 1. The molecule has 164 valence electrons. The van der Waals surface area contributed by atoms with Crippen LogP contribution in [0.3, 0.4) is 0 Å². The number of hydrogen-bond donors (Lipinski definition) is 1. The summed E-state index contributed by atoms with van der Waals surface area (Å²) < 4.78 is 40.6. The maximum absolute atomic E-state index is 12.3. The standard InChI is InChI=1S/C22H22F3N3O3/c23-22(24,25)31-17-4-1-15(2-5-17)18-6-3-16(13-26-18)20(30)27-14-19(29)28-11-9-21(7-8-21)10-12-28/h1-6,13H,7-12,14H2,(H,27,30). The third kappa shape index (κ3) is 5.34. The smallest absolute Gasteiger partial charge is 0.406 e. The Morgan fingerprint density at radius 2 is 1.71 bits per heavy atom. The van der Waals surface area contributed by atoms with E-state index in [0.29, 0.717) is 22.2 Å². The van der Waals surface area contributed by atoms with E-state index in [9.17, 15) is 22.8 Å². The summed E-state index contributed by atoms with van der Waals surface area (Å²) in [6, 6.07) is 8.44. The van der Waals surface area contributed by atoms with Crippen LogP contribution in [-0.4, -0.2) is 47.7 Å². The number of nitrogens with zero attached hydrogens (tertiary/aromatic N) is 2. The number of likely N-dealkylation sites (tertiary alicyclic amines) is 1. The highest BCUT2D eigenvalue weighted by molar-refractivity contribution is 5.96. The molecule has 0 atom stereocenters. The Morgan fingerprint density at radius 1 is 1.03 bits per heavy atom.